The van der Waals surface area contributed by atoms with E-state index in [1.165, 1.54) is 16.4 Å². The Morgan fingerprint density at radius 3 is 2.37 bits per heavy atom. The van der Waals surface area contributed by atoms with E-state index in [0.717, 1.165) is 5.56 Å². The predicted molar refractivity (Wildman–Crippen MR) is 103 cm³/mol. The van der Waals surface area contributed by atoms with Crippen LogP contribution in [-0.4, -0.2) is 48.7 Å². The molecule has 1 fully saturated rings. The molecule has 0 saturated carbocycles. The van der Waals surface area contributed by atoms with Crippen LogP contribution in [-0.2, 0) is 10.0 Å². The second-order valence-corrected chi connectivity index (χ2v) is 8.71. The van der Waals surface area contributed by atoms with Gasteiger partial charge in [0, 0.05) is 44.4 Å². The van der Waals surface area contributed by atoms with Gasteiger partial charge in [-0.25, -0.2) is 8.42 Å². The minimum Gasteiger partial charge on any atom is -0.294 e. The third kappa shape index (κ3) is 4.14. The average Bonchev–Trinajstić information content (AvgIpc) is 2.68. The number of nitro groups is 1. The van der Waals surface area contributed by atoms with E-state index in [4.69, 9.17) is 11.6 Å². The van der Waals surface area contributed by atoms with Gasteiger partial charge in [-0.1, -0.05) is 35.9 Å². The molecule has 2 aromatic rings. The van der Waals surface area contributed by atoms with Gasteiger partial charge in [-0.15, -0.1) is 0 Å². The molecule has 9 heteroatoms. The van der Waals surface area contributed by atoms with Gasteiger partial charge in [0.25, 0.3) is 5.69 Å². The van der Waals surface area contributed by atoms with Crippen molar-refractivity contribution < 1.29 is 13.3 Å². The lowest BCUT2D eigenvalue weighted by atomic mass is 10.1. The molecule has 0 bridgehead atoms. The Bertz CT molecular complexity index is 943. The number of non-ortho nitro benzene ring substituents is 1. The number of rotatable bonds is 5. The molecule has 0 aromatic heterocycles. The number of sulfonamides is 1. The van der Waals surface area contributed by atoms with Crippen LogP contribution in [0.15, 0.2) is 53.4 Å². The summed E-state index contributed by atoms with van der Waals surface area (Å²) in [4.78, 5) is 12.8. The van der Waals surface area contributed by atoms with Crippen LogP contribution < -0.4 is 0 Å². The molecule has 0 amide bonds. The van der Waals surface area contributed by atoms with Crippen molar-refractivity contribution in [3.05, 3.63) is 69.2 Å². The molecule has 1 atom stereocenters. The molecule has 1 saturated heterocycles. The smallest absolute Gasteiger partial charge is 0.269 e. The van der Waals surface area contributed by atoms with E-state index in [0.29, 0.717) is 26.2 Å². The van der Waals surface area contributed by atoms with Gasteiger partial charge in [0.1, 0.15) is 4.90 Å². The van der Waals surface area contributed by atoms with E-state index in [-0.39, 0.29) is 21.6 Å². The second kappa shape index (κ2) is 7.93. The molecule has 1 aliphatic rings. The number of nitrogens with zero attached hydrogens (tertiary/aromatic N) is 3. The monoisotopic (exact) mass is 409 g/mol. The summed E-state index contributed by atoms with van der Waals surface area (Å²) in [5, 5.41) is 11.2. The molecule has 7 nitrogen and oxygen atoms in total. The van der Waals surface area contributed by atoms with Crippen molar-refractivity contribution in [2.24, 2.45) is 0 Å². The Balaban J connectivity index is 1.71. The SMILES string of the molecule is C[C@H](c1cccc([N+](=O)[O-])c1)N1CCN(S(=O)(=O)c2ccccc2Cl)CC1. The van der Waals surface area contributed by atoms with Gasteiger partial charge in [0.2, 0.25) is 10.0 Å². The highest BCUT2D eigenvalue weighted by atomic mass is 35.5. The summed E-state index contributed by atoms with van der Waals surface area (Å²) in [6.45, 7) is 3.72. The standard InChI is InChI=1S/C18H20ClN3O4S/c1-14(15-5-4-6-16(13-15)22(23)24)20-9-11-21(12-10-20)27(25,26)18-8-3-2-7-17(18)19/h2-8,13-14H,9-12H2,1H3/t14-/m1/s1. The molecule has 0 radical (unpaired) electrons. The molecular weight excluding hydrogens is 390 g/mol. The Kier molecular flexibility index (Phi) is 5.81. The summed E-state index contributed by atoms with van der Waals surface area (Å²) in [6, 6.07) is 12.9. The Morgan fingerprint density at radius 1 is 1.07 bits per heavy atom. The van der Waals surface area contributed by atoms with Crippen LogP contribution in [0.3, 0.4) is 0 Å². The quantitative estimate of drug-likeness (QED) is 0.558. The third-order valence-electron chi connectivity index (χ3n) is 4.84. The van der Waals surface area contributed by atoms with Crippen LogP contribution >= 0.6 is 11.6 Å². The van der Waals surface area contributed by atoms with Gasteiger partial charge in [0.15, 0.2) is 0 Å². The Morgan fingerprint density at radius 2 is 1.74 bits per heavy atom. The summed E-state index contributed by atoms with van der Waals surface area (Å²) in [7, 11) is -3.64. The van der Waals surface area contributed by atoms with Crippen molar-refractivity contribution in [2.45, 2.75) is 17.9 Å². The molecule has 3 rings (SSSR count). The Hall–Kier alpha value is -2.00. The van der Waals surface area contributed by atoms with E-state index in [1.807, 2.05) is 13.0 Å². The van der Waals surface area contributed by atoms with Gasteiger partial charge >= 0.3 is 0 Å². The van der Waals surface area contributed by atoms with Gasteiger partial charge < -0.3 is 0 Å². The van der Waals surface area contributed by atoms with E-state index >= 15 is 0 Å². The van der Waals surface area contributed by atoms with Crippen LogP contribution in [0.25, 0.3) is 0 Å². The summed E-state index contributed by atoms with van der Waals surface area (Å²) < 4.78 is 27.1. The van der Waals surface area contributed by atoms with Gasteiger partial charge in [-0.2, -0.15) is 4.31 Å². The first-order chi connectivity index (χ1) is 12.8. The highest BCUT2D eigenvalue weighted by molar-refractivity contribution is 7.89. The minimum absolute atomic E-state index is 0.0462. The normalized spacial score (nSPS) is 17.6. The van der Waals surface area contributed by atoms with E-state index < -0.39 is 14.9 Å². The number of halogens is 1. The van der Waals surface area contributed by atoms with E-state index in [1.54, 1.807) is 30.3 Å². The van der Waals surface area contributed by atoms with E-state index in [9.17, 15) is 18.5 Å². The minimum atomic E-state index is -3.64. The van der Waals surface area contributed by atoms with Crippen LogP contribution in [0.5, 0.6) is 0 Å². The molecule has 0 N–H and O–H groups in total. The third-order valence-corrected chi connectivity index (χ3v) is 7.24. The molecule has 0 unspecified atom stereocenters. The van der Waals surface area contributed by atoms with Crippen LogP contribution in [0, 0.1) is 10.1 Å². The lowest BCUT2D eigenvalue weighted by Crippen LogP contribution is -2.49. The summed E-state index contributed by atoms with van der Waals surface area (Å²) >= 11 is 6.06. The first-order valence-corrected chi connectivity index (χ1v) is 10.4. The summed E-state index contributed by atoms with van der Waals surface area (Å²) in [5.74, 6) is 0. The number of piperazine rings is 1. The number of hydrogen-bond donors (Lipinski definition) is 0. The maximum Gasteiger partial charge on any atom is 0.269 e. The largest absolute Gasteiger partial charge is 0.294 e. The topological polar surface area (TPSA) is 83.8 Å². The average molecular weight is 410 g/mol. The Labute approximate surface area is 163 Å². The zero-order chi connectivity index (χ0) is 19.6. The van der Waals surface area contributed by atoms with Gasteiger partial charge in [0.05, 0.1) is 9.95 Å². The predicted octanol–water partition coefficient (Wildman–Crippen LogP) is 3.32. The lowest BCUT2D eigenvalue weighted by Gasteiger charge is -2.37. The van der Waals surface area contributed by atoms with Crippen molar-refractivity contribution in [1.82, 2.24) is 9.21 Å². The molecule has 0 aliphatic carbocycles. The van der Waals surface area contributed by atoms with Crippen LogP contribution in [0.4, 0.5) is 5.69 Å². The maximum absolute atomic E-state index is 12.8. The molecule has 144 valence electrons. The molecular formula is C18H20ClN3O4S. The fourth-order valence-corrected chi connectivity index (χ4v) is 5.15. The fourth-order valence-electron chi connectivity index (χ4n) is 3.23. The zero-order valence-electron chi connectivity index (χ0n) is 14.8. The van der Waals surface area contributed by atoms with E-state index in [2.05, 4.69) is 4.90 Å². The maximum atomic E-state index is 12.8. The zero-order valence-corrected chi connectivity index (χ0v) is 16.4. The second-order valence-electron chi connectivity index (χ2n) is 6.40. The van der Waals surface area contributed by atoms with Crippen molar-refractivity contribution in [3.8, 4) is 0 Å². The molecule has 1 heterocycles. The van der Waals surface area contributed by atoms with Gasteiger partial charge in [-0.3, -0.25) is 15.0 Å². The number of benzene rings is 2. The summed E-state index contributed by atoms with van der Waals surface area (Å²) in [6.07, 6.45) is 0. The highest BCUT2D eigenvalue weighted by Gasteiger charge is 2.31. The summed E-state index contributed by atoms with van der Waals surface area (Å²) in [5.41, 5.74) is 0.894. The molecule has 2 aromatic carbocycles. The number of hydrogen-bond acceptors (Lipinski definition) is 5. The molecule has 1 aliphatic heterocycles. The lowest BCUT2D eigenvalue weighted by molar-refractivity contribution is -0.385. The number of nitro benzene ring substituents is 1. The first-order valence-electron chi connectivity index (χ1n) is 8.54. The van der Waals surface area contributed by atoms with Crippen LogP contribution in [0.2, 0.25) is 5.02 Å². The van der Waals surface area contributed by atoms with Gasteiger partial charge in [-0.05, 0) is 24.6 Å². The van der Waals surface area contributed by atoms with Crippen LogP contribution in [0.1, 0.15) is 18.5 Å². The van der Waals surface area contributed by atoms with Crippen molar-refractivity contribution in [2.75, 3.05) is 26.2 Å². The van der Waals surface area contributed by atoms with Crippen molar-refractivity contribution >= 4 is 27.3 Å². The highest BCUT2D eigenvalue weighted by Crippen LogP contribution is 2.28. The first kappa shape index (κ1) is 19.8. The van der Waals surface area contributed by atoms with Crippen molar-refractivity contribution in [3.63, 3.8) is 0 Å². The molecule has 27 heavy (non-hydrogen) atoms. The van der Waals surface area contributed by atoms with Crippen molar-refractivity contribution in [1.29, 1.82) is 0 Å². The molecule has 0 spiro atoms. The fraction of sp³-hybridized carbons (Fsp3) is 0.333.